The van der Waals surface area contributed by atoms with E-state index >= 15 is 0 Å². The van der Waals surface area contributed by atoms with Crippen LogP contribution in [-0.2, 0) is 4.74 Å². The fourth-order valence-corrected chi connectivity index (χ4v) is 3.92. The van der Waals surface area contributed by atoms with Crippen molar-refractivity contribution in [3.63, 3.8) is 0 Å². The lowest BCUT2D eigenvalue weighted by Gasteiger charge is -2.43. The zero-order valence-corrected chi connectivity index (χ0v) is 14.8. The molecule has 2 saturated heterocycles. The van der Waals surface area contributed by atoms with E-state index in [2.05, 4.69) is 0 Å². The summed E-state index contributed by atoms with van der Waals surface area (Å²) in [6.07, 6.45) is 1.21. The van der Waals surface area contributed by atoms with Crippen LogP contribution in [0.15, 0.2) is 24.3 Å². The van der Waals surface area contributed by atoms with Crippen LogP contribution in [-0.4, -0.2) is 45.2 Å². The van der Waals surface area contributed by atoms with Crippen molar-refractivity contribution in [1.82, 2.24) is 4.90 Å². The van der Waals surface area contributed by atoms with E-state index in [1.54, 1.807) is 31.7 Å². The maximum Gasteiger partial charge on any atom is 0.410 e. The van der Waals surface area contributed by atoms with Gasteiger partial charge in [0.1, 0.15) is 17.0 Å². The number of fused-ring (bicyclic) bond motifs is 2. The van der Waals surface area contributed by atoms with E-state index in [0.29, 0.717) is 12.8 Å². The summed E-state index contributed by atoms with van der Waals surface area (Å²) in [4.78, 5) is 26.8. The second-order valence-corrected chi connectivity index (χ2v) is 8.02. The molecule has 1 aromatic carbocycles. The number of halogens is 1. The highest BCUT2D eigenvalue weighted by Crippen LogP contribution is 2.43. The van der Waals surface area contributed by atoms with E-state index in [0.717, 1.165) is 0 Å². The molecular formula is C19H24FNO4. The number of aliphatic hydroxyl groups is 1. The van der Waals surface area contributed by atoms with Crippen LogP contribution in [0.4, 0.5) is 9.18 Å². The maximum absolute atomic E-state index is 13.9. The van der Waals surface area contributed by atoms with Crippen LogP contribution in [0.25, 0.3) is 0 Å². The van der Waals surface area contributed by atoms with Crippen molar-refractivity contribution in [3.05, 3.63) is 35.6 Å². The van der Waals surface area contributed by atoms with Crippen LogP contribution in [0.3, 0.4) is 0 Å². The van der Waals surface area contributed by atoms with Gasteiger partial charge in [-0.05, 0) is 45.7 Å². The quantitative estimate of drug-likeness (QED) is 0.832. The van der Waals surface area contributed by atoms with Gasteiger partial charge in [0.25, 0.3) is 0 Å². The van der Waals surface area contributed by atoms with Crippen molar-refractivity contribution in [2.75, 3.05) is 0 Å². The zero-order valence-electron chi connectivity index (χ0n) is 14.8. The van der Waals surface area contributed by atoms with Gasteiger partial charge in [-0.15, -0.1) is 0 Å². The Morgan fingerprint density at radius 2 is 1.76 bits per heavy atom. The molecule has 1 aromatic rings. The van der Waals surface area contributed by atoms with Gasteiger partial charge in [-0.2, -0.15) is 0 Å². The Morgan fingerprint density at radius 3 is 2.28 bits per heavy atom. The number of carbonyl (C=O) groups is 2. The molecular weight excluding hydrogens is 325 g/mol. The van der Waals surface area contributed by atoms with Crippen molar-refractivity contribution in [2.45, 2.75) is 69.7 Å². The molecule has 2 heterocycles. The Labute approximate surface area is 146 Å². The second-order valence-electron chi connectivity index (χ2n) is 8.02. The summed E-state index contributed by atoms with van der Waals surface area (Å²) in [6.45, 7) is 5.40. The Kier molecular flexibility index (Phi) is 4.35. The first kappa shape index (κ1) is 17.9. The van der Waals surface area contributed by atoms with Crippen LogP contribution in [0.2, 0.25) is 0 Å². The topological polar surface area (TPSA) is 66.8 Å². The third-order valence-electron chi connectivity index (χ3n) is 4.91. The molecule has 0 aromatic heterocycles. The van der Waals surface area contributed by atoms with Crippen molar-refractivity contribution >= 4 is 11.9 Å². The number of piperidine rings is 1. The van der Waals surface area contributed by atoms with Gasteiger partial charge in [0, 0.05) is 24.9 Å². The number of amides is 1. The fraction of sp³-hybridized carbons (Fsp3) is 0.579. The Bertz CT molecular complexity index is 683. The molecule has 2 aliphatic heterocycles. The smallest absolute Gasteiger partial charge is 0.410 e. The van der Waals surface area contributed by atoms with Crippen LogP contribution in [0, 0.1) is 5.82 Å². The molecule has 2 fully saturated rings. The number of Topliss-reactive ketones (excluding diaryl/α,β-unsaturated/α-hetero) is 1. The molecule has 1 unspecified atom stereocenters. The third kappa shape index (κ3) is 3.40. The Balaban J connectivity index is 1.80. The normalized spacial score (nSPS) is 28.8. The second kappa shape index (κ2) is 6.09. The van der Waals surface area contributed by atoms with E-state index in [4.69, 9.17) is 4.74 Å². The molecule has 136 valence electrons. The number of benzene rings is 1. The highest BCUT2D eigenvalue weighted by molar-refractivity contribution is 6.02. The lowest BCUT2D eigenvalue weighted by atomic mass is 9.80. The van der Waals surface area contributed by atoms with Gasteiger partial charge >= 0.3 is 6.09 Å². The number of ketones is 1. The summed E-state index contributed by atoms with van der Waals surface area (Å²) < 4.78 is 19.4. The van der Waals surface area contributed by atoms with Crippen LogP contribution < -0.4 is 0 Å². The lowest BCUT2D eigenvalue weighted by molar-refractivity contribution is -0.0432. The molecule has 6 heteroatoms. The van der Waals surface area contributed by atoms with Gasteiger partial charge in [-0.25, -0.2) is 9.18 Å². The zero-order chi connectivity index (χ0) is 18.4. The average Bonchev–Trinajstić information content (AvgIpc) is 2.78. The third-order valence-corrected chi connectivity index (χ3v) is 4.91. The molecule has 3 rings (SSSR count). The molecule has 1 N–H and O–H groups in total. The van der Waals surface area contributed by atoms with Gasteiger partial charge in [0.2, 0.25) is 0 Å². The van der Waals surface area contributed by atoms with Crippen molar-refractivity contribution in [2.24, 2.45) is 0 Å². The Morgan fingerprint density at radius 1 is 1.20 bits per heavy atom. The summed E-state index contributed by atoms with van der Waals surface area (Å²) in [7, 11) is 0. The standard InChI is InChI=1S/C19H24FNO4/c1-18(2,3)25-17(23)21-12-8-9-13(21)11-19(24,10-12)16(22)14-6-4-5-7-15(14)20/h4-7,12-13,24H,8-11H2,1-3H3/t12-,13+,19?. The summed E-state index contributed by atoms with van der Waals surface area (Å²) in [6, 6.07) is 5.14. The summed E-state index contributed by atoms with van der Waals surface area (Å²) in [5, 5.41) is 10.9. The van der Waals surface area contributed by atoms with E-state index in [1.165, 1.54) is 18.2 Å². The van der Waals surface area contributed by atoms with E-state index < -0.39 is 28.9 Å². The van der Waals surface area contributed by atoms with Gasteiger partial charge in [0.15, 0.2) is 5.78 Å². The lowest BCUT2D eigenvalue weighted by Crippen LogP contribution is -2.57. The largest absolute Gasteiger partial charge is 0.444 e. The van der Waals surface area contributed by atoms with E-state index in [-0.39, 0.29) is 30.5 Å². The molecule has 0 spiro atoms. The summed E-state index contributed by atoms with van der Waals surface area (Å²) >= 11 is 0. The number of hydrogen-bond donors (Lipinski definition) is 1. The molecule has 5 nitrogen and oxygen atoms in total. The van der Waals surface area contributed by atoms with Crippen LogP contribution in [0.5, 0.6) is 0 Å². The minimum atomic E-state index is -1.65. The van der Waals surface area contributed by atoms with E-state index in [1.807, 2.05) is 0 Å². The SMILES string of the molecule is CC(C)(C)OC(=O)N1[C@@H]2CC[C@H]1CC(O)(C(=O)c1ccccc1F)C2. The van der Waals surface area contributed by atoms with Crippen LogP contribution in [0.1, 0.15) is 56.8 Å². The molecule has 25 heavy (non-hydrogen) atoms. The molecule has 0 radical (unpaired) electrons. The molecule has 0 aliphatic carbocycles. The first-order valence-corrected chi connectivity index (χ1v) is 8.64. The number of rotatable bonds is 2. The highest BCUT2D eigenvalue weighted by atomic mass is 19.1. The van der Waals surface area contributed by atoms with Gasteiger partial charge < -0.3 is 14.7 Å². The minimum Gasteiger partial charge on any atom is -0.444 e. The number of carbonyl (C=O) groups excluding carboxylic acids is 2. The number of ether oxygens (including phenoxy) is 1. The molecule has 2 aliphatic rings. The first-order chi connectivity index (χ1) is 11.6. The molecule has 0 saturated carbocycles. The van der Waals surface area contributed by atoms with Gasteiger partial charge in [0.05, 0.1) is 5.56 Å². The highest BCUT2D eigenvalue weighted by Gasteiger charge is 2.53. The van der Waals surface area contributed by atoms with Crippen molar-refractivity contribution in [3.8, 4) is 0 Å². The van der Waals surface area contributed by atoms with Gasteiger partial charge in [-0.1, -0.05) is 12.1 Å². The van der Waals surface area contributed by atoms with Crippen molar-refractivity contribution < 1.29 is 23.8 Å². The predicted molar refractivity (Wildman–Crippen MR) is 89.8 cm³/mol. The van der Waals surface area contributed by atoms with Crippen molar-refractivity contribution in [1.29, 1.82) is 0 Å². The summed E-state index contributed by atoms with van der Waals surface area (Å²) in [5.74, 6) is -1.24. The monoisotopic (exact) mass is 349 g/mol. The van der Waals surface area contributed by atoms with E-state index in [9.17, 15) is 19.1 Å². The predicted octanol–water partition coefficient (Wildman–Crippen LogP) is 3.30. The molecule has 2 bridgehead atoms. The Hall–Kier alpha value is -1.95. The first-order valence-electron chi connectivity index (χ1n) is 8.64. The molecule has 1 amide bonds. The summed E-state index contributed by atoms with van der Waals surface area (Å²) in [5.41, 5.74) is -2.35. The number of nitrogens with zero attached hydrogens (tertiary/aromatic N) is 1. The maximum atomic E-state index is 13.9. The molecule has 3 atom stereocenters. The minimum absolute atomic E-state index is 0.102. The van der Waals surface area contributed by atoms with Crippen LogP contribution >= 0.6 is 0 Å². The van der Waals surface area contributed by atoms with Gasteiger partial charge in [-0.3, -0.25) is 4.79 Å². The average molecular weight is 349 g/mol. The fourth-order valence-electron chi connectivity index (χ4n) is 3.92. The number of hydrogen-bond acceptors (Lipinski definition) is 4.